The summed E-state index contributed by atoms with van der Waals surface area (Å²) < 4.78 is 5.47. The monoisotopic (exact) mass is 285 g/mol. The van der Waals surface area contributed by atoms with Crippen molar-refractivity contribution in [3.05, 3.63) is 47.6 Å². The molecule has 1 aliphatic rings. The maximum atomic E-state index is 6.23. The van der Waals surface area contributed by atoms with E-state index < -0.39 is 0 Å². The zero-order valence-electron chi connectivity index (χ0n) is 13.0. The van der Waals surface area contributed by atoms with Crippen LogP contribution in [-0.2, 0) is 5.41 Å². The SMILES string of the molecule is CC(C)(C)C(N)c1nc(C2(c3ccccc3)CCC2)no1. The number of benzene rings is 1. The minimum Gasteiger partial charge on any atom is -0.338 e. The molecule has 0 saturated heterocycles. The first-order chi connectivity index (χ1) is 9.93. The quantitative estimate of drug-likeness (QED) is 0.936. The summed E-state index contributed by atoms with van der Waals surface area (Å²) in [5.41, 5.74) is 7.33. The largest absolute Gasteiger partial charge is 0.338 e. The summed E-state index contributed by atoms with van der Waals surface area (Å²) in [6.45, 7) is 6.24. The Balaban J connectivity index is 1.95. The predicted molar refractivity (Wildman–Crippen MR) is 81.8 cm³/mol. The van der Waals surface area contributed by atoms with Gasteiger partial charge in [-0.1, -0.05) is 62.7 Å². The molecule has 1 heterocycles. The van der Waals surface area contributed by atoms with Gasteiger partial charge in [0.25, 0.3) is 0 Å². The highest BCUT2D eigenvalue weighted by molar-refractivity contribution is 5.35. The summed E-state index contributed by atoms with van der Waals surface area (Å²) in [4.78, 5) is 4.64. The van der Waals surface area contributed by atoms with E-state index in [1.807, 2.05) is 6.07 Å². The molecule has 1 atom stereocenters. The van der Waals surface area contributed by atoms with Gasteiger partial charge in [-0.3, -0.25) is 0 Å². The van der Waals surface area contributed by atoms with Gasteiger partial charge in [-0.15, -0.1) is 0 Å². The zero-order valence-corrected chi connectivity index (χ0v) is 13.0. The summed E-state index contributed by atoms with van der Waals surface area (Å²) >= 11 is 0. The van der Waals surface area contributed by atoms with E-state index in [0.29, 0.717) is 5.89 Å². The predicted octanol–water partition coefficient (Wildman–Crippen LogP) is 3.59. The Morgan fingerprint density at radius 3 is 2.38 bits per heavy atom. The molecule has 0 spiro atoms. The fourth-order valence-corrected chi connectivity index (χ4v) is 2.86. The van der Waals surface area contributed by atoms with Gasteiger partial charge in [0, 0.05) is 0 Å². The van der Waals surface area contributed by atoms with Crippen LogP contribution in [0.4, 0.5) is 0 Å². The molecule has 112 valence electrons. The Hall–Kier alpha value is -1.68. The molecule has 1 aliphatic carbocycles. The minimum absolute atomic E-state index is 0.0827. The number of hydrogen-bond acceptors (Lipinski definition) is 4. The second kappa shape index (κ2) is 4.95. The lowest BCUT2D eigenvalue weighted by Gasteiger charge is -2.39. The maximum Gasteiger partial charge on any atom is 0.244 e. The molecule has 0 amide bonds. The van der Waals surface area contributed by atoms with E-state index in [1.54, 1.807) is 0 Å². The molecule has 2 N–H and O–H groups in total. The molecule has 0 bridgehead atoms. The van der Waals surface area contributed by atoms with Crippen molar-refractivity contribution in [2.75, 3.05) is 0 Å². The van der Waals surface area contributed by atoms with Crippen molar-refractivity contribution in [1.82, 2.24) is 10.1 Å². The van der Waals surface area contributed by atoms with Gasteiger partial charge < -0.3 is 10.3 Å². The second-order valence-electron chi connectivity index (χ2n) is 7.10. The van der Waals surface area contributed by atoms with E-state index >= 15 is 0 Å². The lowest BCUT2D eigenvalue weighted by atomic mass is 9.64. The van der Waals surface area contributed by atoms with Gasteiger partial charge in [0.15, 0.2) is 5.82 Å². The third kappa shape index (κ3) is 2.38. The molecule has 1 aromatic heterocycles. The number of nitrogens with two attached hydrogens (primary N) is 1. The minimum atomic E-state index is -0.244. The highest BCUT2D eigenvalue weighted by Gasteiger charge is 2.45. The van der Waals surface area contributed by atoms with Crippen LogP contribution in [-0.4, -0.2) is 10.1 Å². The van der Waals surface area contributed by atoms with Crippen molar-refractivity contribution in [3.63, 3.8) is 0 Å². The standard InChI is InChI=1S/C17H23N3O/c1-16(2,3)13(18)14-19-15(20-21-14)17(10-7-11-17)12-8-5-4-6-9-12/h4-6,8-9,13H,7,10-11,18H2,1-3H3. The van der Waals surface area contributed by atoms with Gasteiger partial charge in [0.05, 0.1) is 11.5 Å². The molecule has 0 radical (unpaired) electrons. The molecule has 3 rings (SSSR count). The van der Waals surface area contributed by atoms with Gasteiger partial charge in [-0.2, -0.15) is 4.98 Å². The number of hydrogen-bond donors (Lipinski definition) is 1. The van der Waals surface area contributed by atoms with Crippen LogP contribution in [0.5, 0.6) is 0 Å². The number of rotatable bonds is 3. The van der Waals surface area contributed by atoms with Crippen molar-refractivity contribution in [3.8, 4) is 0 Å². The van der Waals surface area contributed by atoms with E-state index in [1.165, 1.54) is 12.0 Å². The van der Waals surface area contributed by atoms with E-state index in [2.05, 4.69) is 55.2 Å². The summed E-state index contributed by atoms with van der Waals surface area (Å²) in [6.07, 6.45) is 3.34. The first-order valence-electron chi connectivity index (χ1n) is 7.59. The van der Waals surface area contributed by atoms with Crippen molar-refractivity contribution < 1.29 is 4.52 Å². The second-order valence-corrected chi connectivity index (χ2v) is 7.10. The topological polar surface area (TPSA) is 64.9 Å². The molecule has 21 heavy (non-hydrogen) atoms. The Bertz CT molecular complexity index is 608. The summed E-state index contributed by atoms with van der Waals surface area (Å²) in [5, 5.41) is 4.26. The highest BCUT2D eigenvalue weighted by atomic mass is 16.5. The Morgan fingerprint density at radius 1 is 1.19 bits per heavy atom. The van der Waals surface area contributed by atoms with Crippen LogP contribution in [0.25, 0.3) is 0 Å². The van der Waals surface area contributed by atoms with Crippen LogP contribution < -0.4 is 5.73 Å². The lowest BCUT2D eigenvalue weighted by molar-refractivity contribution is 0.245. The average Bonchev–Trinajstić information content (AvgIpc) is 2.86. The molecule has 2 aromatic rings. The Labute approximate surface area is 125 Å². The molecule has 4 nitrogen and oxygen atoms in total. The first-order valence-corrected chi connectivity index (χ1v) is 7.59. The van der Waals surface area contributed by atoms with Crippen molar-refractivity contribution in [1.29, 1.82) is 0 Å². The number of nitrogens with zero attached hydrogens (tertiary/aromatic N) is 2. The fourth-order valence-electron chi connectivity index (χ4n) is 2.86. The van der Waals surface area contributed by atoms with E-state index in [0.717, 1.165) is 18.7 Å². The first kappa shape index (κ1) is 14.3. The summed E-state index contributed by atoms with van der Waals surface area (Å²) in [7, 11) is 0. The van der Waals surface area contributed by atoms with Crippen LogP contribution in [0.1, 0.15) is 63.4 Å². The van der Waals surface area contributed by atoms with E-state index in [4.69, 9.17) is 10.3 Å². The van der Waals surface area contributed by atoms with Gasteiger partial charge in [0.1, 0.15) is 0 Å². The van der Waals surface area contributed by atoms with Gasteiger partial charge in [-0.05, 0) is 23.8 Å². The van der Waals surface area contributed by atoms with Gasteiger partial charge in [0.2, 0.25) is 5.89 Å². The Kier molecular flexibility index (Phi) is 3.36. The zero-order chi connectivity index (χ0) is 15.1. The van der Waals surface area contributed by atoms with Gasteiger partial charge in [-0.25, -0.2) is 0 Å². The van der Waals surface area contributed by atoms with E-state index in [-0.39, 0.29) is 16.9 Å². The van der Waals surface area contributed by atoms with Gasteiger partial charge >= 0.3 is 0 Å². The highest BCUT2D eigenvalue weighted by Crippen LogP contribution is 2.48. The smallest absolute Gasteiger partial charge is 0.244 e. The third-order valence-corrected chi connectivity index (χ3v) is 4.60. The summed E-state index contributed by atoms with van der Waals surface area (Å²) in [6, 6.07) is 10.2. The van der Waals surface area contributed by atoms with Crippen LogP contribution in [0.3, 0.4) is 0 Å². The average molecular weight is 285 g/mol. The van der Waals surface area contributed by atoms with Crippen molar-refractivity contribution in [2.24, 2.45) is 11.1 Å². The molecular weight excluding hydrogens is 262 g/mol. The Morgan fingerprint density at radius 2 is 1.86 bits per heavy atom. The van der Waals surface area contributed by atoms with Crippen LogP contribution in [0.15, 0.2) is 34.9 Å². The molecule has 1 unspecified atom stereocenters. The van der Waals surface area contributed by atoms with Crippen LogP contribution in [0, 0.1) is 5.41 Å². The molecule has 1 fully saturated rings. The lowest BCUT2D eigenvalue weighted by Crippen LogP contribution is -2.36. The van der Waals surface area contributed by atoms with E-state index in [9.17, 15) is 0 Å². The molecule has 1 saturated carbocycles. The fraction of sp³-hybridized carbons (Fsp3) is 0.529. The normalized spacial score (nSPS) is 19.0. The third-order valence-electron chi connectivity index (χ3n) is 4.60. The molecule has 0 aliphatic heterocycles. The van der Waals surface area contributed by atoms with Crippen LogP contribution >= 0.6 is 0 Å². The molecular formula is C17H23N3O. The summed E-state index contributed by atoms with van der Waals surface area (Å²) in [5.74, 6) is 1.33. The number of aromatic nitrogens is 2. The van der Waals surface area contributed by atoms with Crippen molar-refractivity contribution in [2.45, 2.75) is 51.5 Å². The van der Waals surface area contributed by atoms with Crippen molar-refractivity contribution >= 4 is 0 Å². The van der Waals surface area contributed by atoms with Crippen LogP contribution in [0.2, 0.25) is 0 Å². The molecule has 4 heteroatoms. The molecule has 1 aromatic carbocycles. The maximum absolute atomic E-state index is 6.23.